The van der Waals surface area contributed by atoms with E-state index in [0.29, 0.717) is 17.1 Å². The van der Waals surface area contributed by atoms with Gasteiger partial charge in [-0.25, -0.2) is 0 Å². The van der Waals surface area contributed by atoms with Gasteiger partial charge < -0.3 is 19.3 Å². The van der Waals surface area contributed by atoms with Crippen LogP contribution in [0, 0.1) is 0 Å². The van der Waals surface area contributed by atoms with Crippen LogP contribution in [-0.2, 0) is 0 Å². The number of likely N-dealkylation sites (N-methyl/N-ethyl adjacent to an activating group) is 1. The fourth-order valence-corrected chi connectivity index (χ4v) is 2.74. The van der Waals surface area contributed by atoms with E-state index < -0.39 is 0 Å². The van der Waals surface area contributed by atoms with E-state index in [9.17, 15) is 4.79 Å². The highest BCUT2D eigenvalue weighted by Crippen LogP contribution is 2.35. The zero-order valence-corrected chi connectivity index (χ0v) is 13.6. The monoisotopic (exact) mass is 342 g/mol. The number of hydrogen-bond acceptors (Lipinski definition) is 4. The molecular formula is C14H19BrN2O3. The second kappa shape index (κ2) is 6.45. The van der Waals surface area contributed by atoms with Gasteiger partial charge in [0.15, 0.2) is 0 Å². The van der Waals surface area contributed by atoms with E-state index in [-0.39, 0.29) is 5.91 Å². The number of ether oxygens (including phenoxy) is 2. The van der Waals surface area contributed by atoms with Crippen LogP contribution in [0.3, 0.4) is 0 Å². The number of halogens is 1. The van der Waals surface area contributed by atoms with Gasteiger partial charge in [0.05, 0.1) is 14.2 Å². The van der Waals surface area contributed by atoms with Crippen molar-refractivity contribution in [3.8, 4) is 11.5 Å². The molecule has 6 heteroatoms. The van der Waals surface area contributed by atoms with Crippen LogP contribution >= 0.6 is 15.9 Å². The molecular weight excluding hydrogens is 324 g/mol. The number of piperazine rings is 1. The first-order valence-electron chi connectivity index (χ1n) is 6.46. The Morgan fingerprint density at radius 3 is 2.05 bits per heavy atom. The van der Waals surface area contributed by atoms with Gasteiger partial charge >= 0.3 is 0 Å². The molecule has 1 fully saturated rings. The molecule has 1 amide bonds. The molecule has 0 saturated carbocycles. The maximum absolute atomic E-state index is 12.5. The molecule has 0 radical (unpaired) electrons. The predicted octanol–water partition coefficient (Wildman–Crippen LogP) is 1.85. The Kier molecular flexibility index (Phi) is 4.88. The van der Waals surface area contributed by atoms with Gasteiger partial charge in [0.1, 0.15) is 16.0 Å². The van der Waals surface area contributed by atoms with Crippen LogP contribution in [-0.4, -0.2) is 63.2 Å². The number of carbonyl (C=O) groups is 1. The third-order valence-corrected chi connectivity index (χ3v) is 4.26. The standard InChI is InChI=1S/C14H19BrN2O3/c1-16-4-6-17(7-5-16)14(18)10-8-11(19-2)13(15)12(9-10)20-3/h8-9H,4-7H2,1-3H3. The molecule has 1 saturated heterocycles. The molecule has 0 unspecified atom stereocenters. The Hall–Kier alpha value is -1.27. The molecule has 0 bridgehead atoms. The molecule has 110 valence electrons. The maximum atomic E-state index is 12.5. The zero-order chi connectivity index (χ0) is 14.7. The van der Waals surface area contributed by atoms with E-state index in [2.05, 4.69) is 27.9 Å². The lowest BCUT2D eigenvalue weighted by Gasteiger charge is -2.32. The molecule has 1 aromatic rings. The minimum atomic E-state index is 0.0159. The normalized spacial score (nSPS) is 16.1. The van der Waals surface area contributed by atoms with Crippen LogP contribution in [0.5, 0.6) is 11.5 Å². The summed E-state index contributed by atoms with van der Waals surface area (Å²) in [5.74, 6) is 1.21. The minimum Gasteiger partial charge on any atom is -0.495 e. The fraction of sp³-hybridized carbons (Fsp3) is 0.500. The third kappa shape index (κ3) is 3.07. The summed E-state index contributed by atoms with van der Waals surface area (Å²) in [4.78, 5) is 16.6. The summed E-state index contributed by atoms with van der Waals surface area (Å²) in [7, 11) is 5.21. The third-order valence-electron chi connectivity index (χ3n) is 3.48. The Morgan fingerprint density at radius 2 is 1.60 bits per heavy atom. The number of methoxy groups -OCH3 is 2. The summed E-state index contributed by atoms with van der Waals surface area (Å²) in [6, 6.07) is 3.49. The summed E-state index contributed by atoms with van der Waals surface area (Å²) in [5, 5.41) is 0. The largest absolute Gasteiger partial charge is 0.495 e. The summed E-state index contributed by atoms with van der Waals surface area (Å²) >= 11 is 3.41. The number of carbonyl (C=O) groups excluding carboxylic acids is 1. The van der Waals surface area contributed by atoms with Crippen LogP contribution in [0.15, 0.2) is 16.6 Å². The highest BCUT2D eigenvalue weighted by Gasteiger charge is 2.22. The van der Waals surface area contributed by atoms with Crippen LogP contribution in [0.25, 0.3) is 0 Å². The van der Waals surface area contributed by atoms with E-state index >= 15 is 0 Å². The van der Waals surface area contributed by atoms with E-state index in [1.165, 1.54) is 0 Å². The summed E-state index contributed by atoms with van der Waals surface area (Å²) < 4.78 is 11.3. The van der Waals surface area contributed by atoms with Crippen molar-refractivity contribution in [3.05, 3.63) is 22.2 Å². The van der Waals surface area contributed by atoms with Crippen molar-refractivity contribution in [1.82, 2.24) is 9.80 Å². The number of nitrogens with zero attached hydrogens (tertiary/aromatic N) is 2. The molecule has 0 aromatic heterocycles. The Morgan fingerprint density at radius 1 is 1.10 bits per heavy atom. The number of benzene rings is 1. The quantitative estimate of drug-likeness (QED) is 0.840. The van der Waals surface area contributed by atoms with Crippen molar-refractivity contribution in [2.45, 2.75) is 0 Å². The van der Waals surface area contributed by atoms with Crippen molar-refractivity contribution < 1.29 is 14.3 Å². The van der Waals surface area contributed by atoms with Gasteiger partial charge in [-0.2, -0.15) is 0 Å². The second-order valence-corrected chi connectivity index (χ2v) is 5.58. The van der Waals surface area contributed by atoms with Crippen molar-refractivity contribution >= 4 is 21.8 Å². The van der Waals surface area contributed by atoms with Crippen LogP contribution in [0.4, 0.5) is 0 Å². The Bertz CT molecular complexity index is 474. The highest BCUT2D eigenvalue weighted by atomic mass is 79.9. The Labute approximate surface area is 127 Å². The minimum absolute atomic E-state index is 0.0159. The highest BCUT2D eigenvalue weighted by molar-refractivity contribution is 9.10. The predicted molar refractivity (Wildman–Crippen MR) is 80.6 cm³/mol. The number of hydrogen-bond donors (Lipinski definition) is 0. The van der Waals surface area contributed by atoms with Gasteiger partial charge in [-0.1, -0.05) is 0 Å². The van der Waals surface area contributed by atoms with Gasteiger partial charge in [-0.15, -0.1) is 0 Å². The molecule has 0 N–H and O–H groups in total. The topological polar surface area (TPSA) is 42.0 Å². The number of amides is 1. The maximum Gasteiger partial charge on any atom is 0.254 e. The second-order valence-electron chi connectivity index (χ2n) is 4.79. The summed E-state index contributed by atoms with van der Waals surface area (Å²) in [6.07, 6.45) is 0. The molecule has 1 aliphatic rings. The Balaban J connectivity index is 2.25. The zero-order valence-electron chi connectivity index (χ0n) is 12.0. The molecule has 0 aliphatic carbocycles. The first kappa shape index (κ1) is 15.1. The van der Waals surface area contributed by atoms with E-state index in [4.69, 9.17) is 9.47 Å². The SMILES string of the molecule is COc1cc(C(=O)N2CCN(C)CC2)cc(OC)c1Br. The molecule has 2 rings (SSSR count). The average molecular weight is 343 g/mol. The number of rotatable bonds is 3. The van der Waals surface area contributed by atoms with Crippen molar-refractivity contribution in [2.75, 3.05) is 47.4 Å². The molecule has 5 nitrogen and oxygen atoms in total. The van der Waals surface area contributed by atoms with Crippen LogP contribution in [0.2, 0.25) is 0 Å². The van der Waals surface area contributed by atoms with Crippen molar-refractivity contribution in [2.24, 2.45) is 0 Å². The summed E-state index contributed by atoms with van der Waals surface area (Å²) in [5.41, 5.74) is 0.589. The lowest BCUT2D eigenvalue weighted by atomic mass is 10.1. The van der Waals surface area contributed by atoms with Crippen LogP contribution < -0.4 is 9.47 Å². The fourth-order valence-electron chi connectivity index (χ4n) is 2.18. The van der Waals surface area contributed by atoms with Crippen molar-refractivity contribution in [3.63, 3.8) is 0 Å². The van der Waals surface area contributed by atoms with E-state index in [0.717, 1.165) is 30.7 Å². The van der Waals surface area contributed by atoms with Gasteiger partial charge in [-0.3, -0.25) is 4.79 Å². The molecule has 1 aromatic carbocycles. The van der Waals surface area contributed by atoms with E-state index in [1.54, 1.807) is 26.4 Å². The lowest BCUT2D eigenvalue weighted by molar-refractivity contribution is 0.0663. The van der Waals surface area contributed by atoms with Gasteiger partial charge in [0.2, 0.25) is 0 Å². The molecule has 0 atom stereocenters. The average Bonchev–Trinajstić information content (AvgIpc) is 2.47. The molecule has 1 aliphatic heterocycles. The molecule has 20 heavy (non-hydrogen) atoms. The van der Waals surface area contributed by atoms with Gasteiger partial charge in [0.25, 0.3) is 5.91 Å². The van der Waals surface area contributed by atoms with Crippen molar-refractivity contribution in [1.29, 1.82) is 0 Å². The smallest absolute Gasteiger partial charge is 0.254 e. The first-order valence-corrected chi connectivity index (χ1v) is 7.25. The van der Waals surface area contributed by atoms with Gasteiger partial charge in [0, 0.05) is 31.7 Å². The summed E-state index contributed by atoms with van der Waals surface area (Å²) in [6.45, 7) is 3.29. The van der Waals surface area contributed by atoms with E-state index in [1.807, 2.05) is 4.90 Å². The molecule has 1 heterocycles. The first-order chi connectivity index (χ1) is 9.56. The van der Waals surface area contributed by atoms with Gasteiger partial charge in [-0.05, 0) is 35.1 Å². The lowest BCUT2D eigenvalue weighted by Crippen LogP contribution is -2.47. The van der Waals surface area contributed by atoms with Crippen LogP contribution in [0.1, 0.15) is 10.4 Å². The molecule has 0 spiro atoms.